The zero-order valence-corrected chi connectivity index (χ0v) is 20.5. The summed E-state index contributed by atoms with van der Waals surface area (Å²) in [6.45, 7) is 1.87. The molecule has 182 valence electrons. The van der Waals surface area contributed by atoms with Crippen LogP contribution in [-0.2, 0) is 24.9 Å². The second-order valence-corrected chi connectivity index (χ2v) is 12.4. The van der Waals surface area contributed by atoms with Crippen molar-refractivity contribution in [2.24, 2.45) is 5.41 Å². The van der Waals surface area contributed by atoms with Crippen molar-refractivity contribution in [3.63, 3.8) is 0 Å². The normalized spacial score (nSPS) is 24.7. The minimum atomic E-state index is -4.15. The lowest BCUT2D eigenvalue weighted by molar-refractivity contribution is -0.120. The van der Waals surface area contributed by atoms with Gasteiger partial charge in [0.25, 0.3) is 0 Å². The lowest BCUT2D eigenvalue weighted by Gasteiger charge is -2.30. The van der Waals surface area contributed by atoms with E-state index in [2.05, 4.69) is 5.32 Å². The Morgan fingerprint density at radius 3 is 2.09 bits per heavy atom. The van der Waals surface area contributed by atoms with E-state index in [1.54, 1.807) is 54.6 Å². The second-order valence-electron chi connectivity index (χ2n) is 9.06. The number of amides is 1. The molecule has 2 aliphatic heterocycles. The van der Waals surface area contributed by atoms with Gasteiger partial charge in [-0.2, -0.15) is 12.7 Å². The van der Waals surface area contributed by atoms with E-state index in [1.165, 1.54) is 34.6 Å². The van der Waals surface area contributed by atoms with Gasteiger partial charge in [-0.1, -0.05) is 61.5 Å². The van der Waals surface area contributed by atoms with Crippen LogP contribution in [0.2, 0.25) is 0 Å². The Hall–Kier alpha value is -3.21. The fourth-order valence-electron chi connectivity index (χ4n) is 4.96. The lowest BCUT2D eigenvalue weighted by atomic mass is 9.83. The number of hydrogen-bond acceptors (Lipinski definition) is 6. The van der Waals surface area contributed by atoms with Crippen LogP contribution in [-0.4, -0.2) is 33.2 Å². The van der Waals surface area contributed by atoms with Crippen LogP contribution in [0.3, 0.4) is 0 Å². The first-order valence-corrected chi connectivity index (χ1v) is 13.9. The van der Waals surface area contributed by atoms with Crippen LogP contribution in [0.4, 0.5) is 0 Å². The Morgan fingerprint density at radius 2 is 1.43 bits per heavy atom. The summed E-state index contributed by atoms with van der Waals surface area (Å²) in [5, 5.41) is 2.82. The van der Waals surface area contributed by atoms with Gasteiger partial charge in [0, 0.05) is 17.4 Å². The number of carbonyl (C=O) groups excluding carboxylic acids is 1. The van der Waals surface area contributed by atoms with Gasteiger partial charge in [-0.15, -0.1) is 0 Å². The number of para-hydroxylation sites is 1. The predicted molar refractivity (Wildman–Crippen MR) is 128 cm³/mol. The zero-order valence-electron chi connectivity index (χ0n) is 18.9. The number of nitrogens with one attached hydrogen (secondary N) is 1. The Balaban J connectivity index is 1.61. The molecular weight excluding hydrogens is 488 g/mol. The first-order chi connectivity index (χ1) is 16.6. The van der Waals surface area contributed by atoms with Gasteiger partial charge >= 0.3 is 10.1 Å². The van der Waals surface area contributed by atoms with Crippen LogP contribution in [0.5, 0.6) is 5.75 Å². The van der Waals surface area contributed by atoms with Crippen LogP contribution in [0.25, 0.3) is 0 Å². The third-order valence-electron chi connectivity index (χ3n) is 6.57. The summed E-state index contributed by atoms with van der Waals surface area (Å²) in [4.78, 5) is 12.4. The topological polar surface area (TPSA) is 110 Å². The molecule has 3 atom stereocenters. The standard InChI is InChI=1S/C25H24N2O6S2/c1-25-16-21(20-14-8-9-15-22(20)33-35(31,32)19-12-6-3-7-13-19)27(24(25)26-23(28)17-25)34(29,30)18-10-4-2-5-11-18/h2-15,21,24H,16-17H2,1H3,(H,26,28)/t21-,24+,25-/m1/s1. The molecule has 0 aromatic heterocycles. The average molecular weight is 513 g/mol. The third-order valence-corrected chi connectivity index (χ3v) is 9.71. The maximum absolute atomic E-state index is 13.8. The number of sulfonamides is 1. The Morgan fingerprint density at radius 1 is 0.857 bits per heavy atom. The molecule has 2 aliphatic rings. The summed E-state index contributed by atoms with van der Waals surface area (Å²) < 4.78 is 60.4. The summed E-state index contributed by atoms with van der Waals surface area (Å²) in [6, 6.07) is 21.5. The smallest absolute Gasteiger partial charge is 0.339 e. The number of benzene rings is 3. The third kappa shape index (κ3) is 4.11. The molecule has 8 nitrogen and oxygen atoms in total. The van der Waals surface area contributed by atoms with E-state index >= 15 is 0 Å². The van der Waals surface area contributed by atoms with Crippen LogP contribution >= 0.6 is 0 Å². The van der Waals surface area contributed by atoms with Crippen molar-refractivity contribution >= 4 is 26.0 Å². The predicted octanol–water partition coefficient (Wildman–Crippen LogP) is 3.44. The molecule has 3 aromatic carbocycles. The van der Waals surface area contributed by atoms with Gasteiger partial charge in [0.05, 0.1) is 10.9 Å². The Kier molecular flexibility index (Phi) is 5.70. The first-order valence-electron chi connectivity index (χ1n) is 11.1. The van der Waals surface area contributed by atoms with Crippen LogP contribution in [0.15, 0.2) is 94.7 Å². The fourth-order valence-corrected chi connectivity index (χ4v) is 7.79. The molecule has 2 fully saturated rings. The molecule has 0 aliphatic carbocycles. The molecule has 0 saturated carbocycles. The molecule has 0 bridgehead atoms. The highest BCUT2D eigenvalue weighted by Crippen LogP contribution is 2.54. The van der Waals surface area contributed by atoms with Crippen molar-refractivity contribution in [1.29, 1.82) is 0 Å². The van der Waals surface area contributed by atoms with Gasteiger partial charge in [0.2, 0.25) is 15.9 Å². The molecule has 10 heteroatoms. The highest BCUT2D eigenvalue weighted by atomic mass is 32.2. The van der Waals surface area contributed by atoms with E-state index in [4.69, 9.17) is 4.18 Å². The Bertz CT molecular complexity index is 1480. The van der Waals surface area contributed by atoms with E-state index < -0.39 is 37.8 Å². The van der Waals surface area contributed by atoms with Gasteiger partial charge in [0.1, 0.15) is 16.8 Å². The molecule has 2 saturated heterocycles. The molecule has 0 radical (unpaired) electrons. The lowest BCUT2D eigenvalue weighted by Crippen LogP contribution is -2.47. The minimum absolute atomic E-state index is 0.00826. The molecule has 0 spiro atoms. The second kappa shape index (κ2) is 8.47. The largest absolute Gasteiger partial charge is 0.379 e. The van der Waals surface area contributed by atoms with E-state index in [1.807, 2.05) is 6.92 Å². The van der Waals surface area contributed by atoms with E-state index in [9.17, 15) is 21.6 Å². The molecule has 2 heterocycles. The van der Waals surface area contributed by atoms with Crippen molar-refractivity contribution < 1.29 is 25.8 Å². The minimum Gasteiger partial charge on any atom is -0.379 e. The Labute approximate surface area is 204 Å². The van der Waals surface area contributed by atoms with Crippen LogP contribution in [0.1, 0.15) is 31.4 Å². The molecule has 3 aromatic rings. The fraction of sp³-hybridized carbons (Fsp3) is 0.240. The maximum Gasteiger partial charge on any atom is 0.339 e. The van der Waals surface area contributed by atoms with E-state index in [0.717, 1.165) is 0 Å². The summed E-state index contributed by atoms with van der Waals surface area (Å²) >= 11 is 0. The zero-order chi connectivity index (χ0) is 24.8. The van der Waals surface area contributed by atoms with Crippen molar-refractivity contribution in [1.82, 2.24) is 9.62 Å². The number of hydrogen-bond donors (Lipinski definition) is 1. The first kappa shape index (κ1) is 23.5. The monoisotopic (exact) mass is 512 g/mol. The van der Waals surface area contributed by atoms with Crippen LogP contribution in [0, 0.1) is 5.41 Å². The summed E-state index contributed by atoms with van der Waals surface area (Å²) in [6.07, 6.45) is -0.293. The van der Waals surface area contributed by atoms with Crippen LogP contribution < -0.4 is 9.50 Å². The molecule has 5 rings (SSSR count). The van der Waals surface area contributed by atoms with Crippen molar-refractivity contribution in [2.75, 3.05) is 0 Å². The number of nitrogens with zero attached hydrogens (tertiary/aromatic N) is 1. The summed E-state index contributed by atoms with van der Waals surface area (Å²) in [5.74, 6) is -0.176. The number of carbonyl (C=O) groups is 1. The average Bonchev–Trinajstić information content (AvgIpc) is 3.28. The molecule has 1 amide bonds. The van der Waals surface area contributed by atoms with E-state index in [0.29, 0.717) is 12.0 Å². The summed E-state index contributed by atoms with van der Waals surface area (Å²) in [7, 11) is -8.20. The van der Waals surface area contributed by atoms with Gasteiger partial charge in [-0.25, -0.2) is 8.42 Å². The van der Waals surface area contributed by atoms with E-state index in [-0.39, 0.29) is 27.9 Å². The van der Waals surface area contributed by atoms with Gasteiger partial charge in [-0.3, -0.25) is 4.79 Å². The van der Waals surface area contributed by atoms with Crippen molar-refractivity contribution in [2.45, 2.75) is 41.8 Å². The maximum atomic E-state index is 13.8. The molecule has 0 unspecified atom stereocenters. The van der Waals surface area contributed by atoms with Crippen molar-refractivity contribution in [3.8, 4) is 5.75 Å². The SMILES string of the molecule is C[C@@]12CC(=O)N[C@H]1N(S(=O)(=O)c1ccccc1)[C@@H](c1ccccc1OS(=O)(=O)c1ccccc1)C2. The summed E-state index contributed by atoms with van der Waals surface area (Å²) in [5.41, 5.74) is -0.258. The van der Waals surface area contributed by atoms with Gasteiger partial charge in [0.15, 0.2) is 0 Å². The molecular formula is C25H24N2O6S2. The van der Waals surface area contributed by atoms with Gasteiger partial charge < -0.3 is 9.50 Å². The van der Waals surface area contributed by atoms with Gasteiger partial charge in [-0.05, 0) is 36.8 Å². The quantitative estimate of drug-likeness (QED) is 0.507. The number of fused-ring (bicyclic) bond motifs is 1. The highest BCUT2D eigenvalue weighted by molar-refractivity contribution is 7.89. The van der Waals surface area contributed by atoms with Crippen molar-refractivity contribution in [3.05, 3.63) is 90.5 Å². The highest BCUT2D eigenvalue weighted by Gasteiger charge is 2.59. The molecule has 35 heavy (non-hydrogen) atoms. The number of rotatable bonds is 6. The molecule has 1 N–H and O–H groups in total.